The van der Waals surface area contributed by atoms with Gasteiger partial charge in [-0.25, -0.2) is 4.79 Å². The van der Waals surface area contributed by atoms with Gasteiger partial charge in [0.25, 0.3) is 0 Å². The second-order valence-corrected chi connectivity index (χ2v) is 9.32. The zero-order valence-electron chi connectivity index (χ0n) is 13.7. The summed E-state index contributed by atoms with van der Waals surface area (Å²) in [5.41, 5.74) is 0. The van der Waals surface area contributed by atoms with Crippen LogP contribution in [0.4, 0.5) is 0 Å². The molecule has 2 atom stereocenters. The maximum absolute atomic E-state index is 10.7. The van der Waals surface area contributed by atoms with Gasteiger partial charge in [0, 0.05) is 11.5 Å². The molecule has 0 aromatic heterocycles. The predicted molar refractivity (Wildman–Crippen MR) is 101 cm³/mol. The van der Waals surface area contributed by atoms with Gasteiger partial charge in [0.05, 0.1) is 13.2 Å². The molecule has 0 saturated heterocycles. The van der Waals surface area contributed by atoms with Crippen LogP contribution in [0.5, 0.6) is 0 Å². The summed E-state index contributed by atoms with van der Waals surface area (Å²) in [5.74, 6) is 0.968. The zero-order chi connectivity index (χ0) is 17.4. The average molecular weight is 391 g/mol. The van der Waals surface area contributed by atoms with Crippen LogP contribution >= 0.6 is 43.2 Å². The molecular weight excluding hydrogens is 364 g/mol. The number of hydrogen-bond acceptors (Lipinski definition) is 8. The topological polar surface area (TPSA) is 72.8 Å². The normalized spacial score (nSPS) is 13.0. The summed E-state index contributed by atoms with van der Waals surface area (Å²) < 4.78 is 10.2. The molecule has 0 saturated carbocycles. The van der Waals surface area contributed by atoms with E-state index < -0.39 is 12.1 Å². The number of carboxylic acids is 1. The Morgan fingerprint density at radius 1 is 0.955 bits per heavy atom. The van der Waals surface area contributed by atoms with Crippen molar-refractivity contribution >= 4 is 54.9 Å². The lowest BCUT2D eigenvalue weighted by Gasteiger charge is -2.07. The number of carbonyl (C=O) groups is 2. The molecule has 0 aliphatic heterocycles. The second kappa shape index (κ2) is 17.8. The third-order valence-corrected chi connectivity index (χ3v) is 5.78. The first-order valence-electron chi connectivity index (χ1n) is 6.64. The highest BCUT2D eigenvalue weighted by Crippen LogP contribution is 2.16. The van der Waals surface area contributed by atoms with E-state index >= 15 is 0 Å². The van der Waals surface area contributed by atoms with E-state index in [1.165, 1.54) is 6.92 Å². The van der Waals surface area contributed by atoms with Crippen molar-refractivity contribution < 1.29 is 24.2 Å². The van der Waals surface area contributed by atoms with Crippen LogP contribution in [0.25, 0.3) is 0 Å². The number of ether oxygens (including phenoxy) is 2. The molecule has 5 nitrogen and oxygen atoms in total. The Bertz CT molecular complexity index is 264. The van der Waals surface area contributed by atoms with Gasteiger partial charge >= 0.3 is 5.97 Å². The number of carboxylic acid groups (broad SMARTS) is 1. The van der Waals surface area contributed by atoms with Gasteiger partial charge in [-0.2, -0.15) is 0 Å². The van der Waals surface area contributed by atoms with Crippen molar-refractivity contribution in [3.8, 4) is 0 Å². The van der Waals surface area contributed by atoms with Crippen molar-refractivity contribution in [1.29, 1.82) is 0 Å². The van der Waals surface area contributed by atoms with Crippen molar-refractivity contribution in [2.45, 2.75) is 33.0 Å². The molecule has 0 aliphatic rings. The summed E-state index contributed by atoms with van der Waals surface area (Å²) in [6, 6.07) is 0. The third kappa shape index (κ3) is 18.5. The summed E-state index contributed by atoms with van der Waals surface area (Å²) in [7, 11) is 6.77. The Kier molecular flexibility index (Phi) is 20.0. The lowest BCUT2D eigenvalue weighted by atomic mass is 10.3. The smallest absolute Gasteiger partial charge is 0.332 e. The lowest BCUT2D eigenvalue weighted by Crippen LogP contribution is -2.20. The summed E-state index contributed by atoms with van der Waals surface area (Å²) in [5, 5.41) is 8.40. The molecule has 0 aromatic carbocycles. The fourth-order valence-electron chi connectivity index (χ4n) is 0.873. The molecule has 0 unspecified atom stereocenters. The fourth-order valence-corrected chi connectivity index (χ4v) is 2.94. The highest BCUT2D eigenvalue weighted by Gasteiger charge is 2.09. The molecule has 0 fully saturated rings. The van der Waals surface area contributed by atoms with E-state index in [2.05, 4.69) is 0 Å². The molecule has 0 aliphatic carbocycles. The second-order valence-electron chi connectivity index (χ2n) is 3.95. The summed E-state index contributed by atoms with van der Waals surface area (Å²) in [6.07, 6.45) is 3.08. The van der Waals surface area contributed by atoms with Crippen molar-refractivity contribution in [1.82, 2.24) is 0 Å². The van der Waals surface area contributed by atoms with Gasteiger partial charge in [-0.1, -0.05) is 43.2 Å². The third-order valence-electron chi connectivity index (χ3n) is 2.22. The van der Waals surface area contributed by atoms with Gasteiger partial charge in [0.2, 0.25) is 0 Å². The van der Waals surface area contributed by atoms with Crippen LogP contribution in [0, 0.1) is 0 Å². The van der Waals surface area contributed by atoms with E-state index in [1.54, 1.807) is 57.0 Å². The van der Waals surface area contributed by atoms with E-state index in [0.717, 1.165) is 11.5 Å². The Morgan fingerprint density at radius 3 is 1.68 bits per heavy atom. The van der Waals surface area contributed by atoms with Crippen molar-refractivity contribution in [3.63, 3.8) is 0 Å². The molecular formula is C13H26O5S4. The Balaban J connectivity index is 0. The molecule has 132 valence electrons. The minimum Gasteiger partial charge on any atom is -0.479 e. The summed E-state index contributed by atoms with van der Waals surface area (Å²) >= 11 is 0. The first-order valence-corrected chi connectivity index (χ1v) is 12.1. The van der Waals surface area contributed by atoms with Crippen LogP contribution in [0.3, 0.4) is 0 Å². The van der Waals surface area contributed by atoms with Crippen LogP contribution in [-0.2, 0) is 19.1 Å². The number of hydrogen-bond donors (Lipinski definition) is 1. The molecule has 1 N–H and O–H groups in total. The van der Waals surface area contributed by atoms with E-state index in [4.69, 9.17) is 14.6 Å². The number of aliphatic carboxylic acids is 1. The van der Waals surface area contributed by atoms with Crippen molar-refractivity contribution in [3.05, 3.63) is 0 Å². The zero-order valence-corrected chi connectivity index (χ0v) is 17.0. The van der Waals surface area contributed by atoms with Crippen LogP contribution in [0.1, 0.15) is 20.8 Å². The van der Waals surface area contributed by atoms with Gasteiger partial charge < -0.3 is 14.6 Å². The highest BCUT2D eigenvalue weighted by atomic mass is 33.1. The Morgan fingerprint density at radius 2 is 1.36 bits per heavy atom. The van der Waals surface area contributed by atoms with Crippen LogP contribution in [0.15, 0.2) is 0 Å². The summed E-state index contributed by atoms with van der Waals surface area (Å²) in [4.78, 5) is 20.9. The maximum Gasteiger partial charge on any atom is 0.332 e. The number of Topliss-reactive ketones (excluding diaryl/α,β-unsaturated/α-hetero) is 1. The van der Waals surface area contributed by atoms with E-state index in [-0.39, 0.29) is 11.9 Å². The fraction of sp³-hybridized carbons (Fsp3) is 0.846. The monoisotopic (exact) mass is 390 g/mol. The average Bonchev–Trinajstić information content (AvgIpc) is 2.48. The summed E-state index contributed by atoms with van der Waals surface area (Å²) in [6.45, 7) is 6.02. The Labute approximate surface area is 149 Å². The molecule has 0 bridgehead atoms. The first-order chi connectivity index (χ1) is 10.4. The van der Waals surface area contributed by atoms with E-state index in [1.807, 2.05) is 12.5 Å². The SMILES string of the molecule is CSSCCO[C@@H](C)C(=O)O.CSSCCO[C@@H](C)C(C)=O. The number of rotatable bonds is 12. The van der Waals surface area contributed by atoms with Crippen LogP contribution < -0.4 is 0 Å². The molecule has 9 heteroatoms. The minimum atomic E-state index is -0.904. The first kappa shape index (κ1) is 24.7. The molecule has 0 amide bonds. The molecule has 0 spiro atoms. The quantitative estimate of drug-likeness (QED) is 0.398. The molecule has 0 heterocycles. The van der Waals surface area contributed by atoms with Crippen LogP contribution in [-0.4, -0.2) is 66.3 Å². The standard InChI is InChI=1S/C7H14O2S2.C6H12O3S2/c1-6(8)7(2)9-4-5-11-10-3;1-5(6(7)8)9-3-4-11-10-2/h7H,4-5H2,1-3H3;5H,3-4H2,1-2H3,(H,7,8)/t7-;5-/m00/s1. The maximum atomic E-state index is 10.7. The Hall–Kier alpha value is 0.460. The number of carbonyl (C=O) groups excluding carboxylic acids is 1. The highest BCUT2D eigenvalue weighted by molar-refractivity contribution is 8.76. The minimum absolute atomic E-state index is 0.0964. The van der Waals surface area contributed by atoms with Gasteiger partial charge in [-0.3, -0.25) is 4.79 Å². The largest absolute Gasteiger partial charge is 0.479 e. The van der Waals surface area contributed by atoms with Crippen molar-refractivity contribution in [2.24, 2.45) is 0 Å². The van der Waals surface area contributed by atoms with Gasteiger partial charge in [-0.15, -0.1) is 0 Å². The van der Waals surface area contributed by atoms with Crippen molar-refractivity contribution in [2.75, 3.05) is 37.2 Å². The number of ketones is 1. The molecule has 22 heavy (non-hydrogen) atoms. The predicted octanol–water partition coefficient (Wildman–Crippen LogP) is 3.48. The van der Waals surface area contributed by atoms with E-state index in [0.29, 0.717) is 13.2 Å². The van der Waals surface area contributed by atoms with E-state index in [9.17, 15) is 9.59 Å². The van der Waals surface area contributed by atoms with Gasteiger partial charge in [0.15, 0.2) is 11.9 Å². The lowest BCUT2D eigenvalue weighted by molar-refractivity contribution is -0.148. The molecule has 0 aromatic rings. The van der Waals surface area contributed by atoms with Crippen LogP contribution in [0.2, 0.25) is 0 Å². The molecule has 0 radical (unpaired) electrons. The molecule has 0 rings (SSSR count). The van der Waals surface area contributed by atoms with Gasteiger partial charge in [-0.05, 0) is 33.3 Å². The van der Waals surface area contributed by atoms with Gasteiger partial charge in [0.1, 0.15) is 6.10 Å².